The van der Waals surface area contributed by atoms with Crippen molar-refractivity contribution in [1.29, 1.82) is 0 Å². The second-order valence-corrected chi connectivity index (χ2v) is 2.77. The molecule has 0 aliphatic rings. The van der Waals surface area contributed by atoms with Crippen molar-refractivity contribution in [3.05, 3.63) is 23.0 Å². The van der Waals surface area contributed by atoms with Gasteiger partial charge < -0.3 is 9.30 Å². The third kappa shape index (κ3) is 1.47. The van der Waals surface area contributed by atoms with E-state index >= 15 is 0 Å². The second-order valence-electron chi connectivity index (χ2n) is 2.77. The third-order valence-electron chi connectivity index (χ3n) is 1.99. The molecule has 13 heavy (non-hydrogen) atoms. The molecule has 0 unspecified atom stereocenters. The molecule has 0 saturated heterocycles. The Balaban J connectivity index is 3.25. The molecule has 1 heterocycles. The Hall–Kier alpha value is -1.58. The highest BCUT2D eigenvalue weighted by atomic mass is 16.5. The lowest BCUT2D eigenvalue weighted by molar-refractivity contribution is 0.0590. The van der Waals surface area contributed by atoms with Gasteiger partial charge in [-0.25, -0.2) is 4.79 Å². The first-order chi connectivity index (χ1) is 6.11. The highest BCUT2D eigenvalue weighted by Gasteiger charge is 2.14. The molecule has 0 N–H and O–H groups in total. The summed E-state index contributed by atoms with van der Waals surface area (Å²) in [7, 11) is 2.97. The van der Waals surface area contributed by atoms with E-state index in [2.05, 4.69) is 4.74 Å². The van der Waals surface area contributed by atoms with E-state index in [1.54, 1.807) is 20.0 Å². The number of ether oxygens (including phenoxy) is 1. The molecule has 0 amide bonds. The van der Waals surface area contributed by atoms with Gasteiger partial charge in [-0.05, 0) is 18.6 Å². The number of nitrogens with zero attached hydrogens (tertiary/aromatic N) is 1. The van der Waals surface area contributed by atoms with Crippen molar-refractivity contribution in [2.75, 3.05) is 7.11 Å². The van der Waals surface area contributed by atoms with Gasteiger partial charge in [0.1, 0.15) is 5.69 Å². The summed E-state index contributed by atoms with van der Waals surface area (Å²) >= 11 is 0. The van der Waals surface area contributed by atoms with Crippen LogP contribution in [0.2, 0.25) is 0 Å². The molecule has 0 aliphatic heterocycles. The number of carbonyl (C=O) groups excluding carboxylic acids is 2. The van der Waals surface area contributed by atoms with Crippen molar-refractivity contribution >= 4 is 12.3 Å². The first-order valence-corrected chi connectivity index (χ1v) is 3.81. The number of carbonyl (C=O) groups is 2. The van der Waals surface area contributed by atoms with E-state index in [0.717, 1.165) is 11.8 Å². The molecular weight excluding hydrogens is 170 g/mol. The number of aryl methyl sites for hydroxylation is 1. The van der Waals surface area contributed by atoms with Gasteiger partial charge in [0.15, 0.2) is 6.29 Å². The summed E-state index contributed by atoms with van der Waals surface area (Å²) in [4.78, 5) is 21.8. The molecule has 0 saturated carbocycles. The maximum atomic E-state index is 11.2. The first kappa shape index (κ1) is 9.51. The SMILES string of the molecule is COC(=O)c1cc(C)c(C=O)n1C. The Labute approximate surface area is 76.1 Å². The van der Waals surface area contributed by atoms with E-state index in [1.165, 1.54) is 11.7 Å². The van der Waals surface area contributed by atoms with Crippen molar-refractivity contribution in [3.63, 3.8) is 0 Å². The zero-order valence-electron chi connectivity index (χ0n) is 7.83. The summed E-state index contributed by atoms with van der Waals surface area (Å²) in [6.07, 6.45) is 0.724. The van der Waals surface area contributed by atoms with E-state index in [0.29, 0.717) is 11.4 Å². The lowest BCUT2D eigenvalue weighted by atomic mass is 10.3. The summed E-state index contributed by atoms with van der Waals surface area (Å²) in [6, 6.07) is 1.63. The van der Waals surface area contributed by atoms with Crippen LogP contribution in [0.25, 0.3) is 0 Å². The Morgan fingerprint density at radius 3 is 2.62 bits per heavy atom. The molecular formula is C9H11NO3. The Bertz CT molecular complexity index is 352. The zero-order chi connectivity index (χ0) is 10.0. The summed E-state index contributed by atoms with van der Waals surface area (Å²) in [5.74, 6) is -0.432. The predicted molar refractivity (Wildman–Crippen MR) is 46.9 cm³/mol. The van der Waals surface area contributed by atoms with Gasteiger partial charge in [0.05, 0.1) is 12.8 Å². The monoisotopic (exact) mass is 181 g/mol. The minimum absolute atomic E-state index is 0.391. The highest BCUT2D eigenvalue weighted by molar-refractivity contribution is 5.90. The van der Waals surface area contributed by atoms with Crippen LogP contribution < -0.4 is 0 Å². The van der Waals surface area contributed by atoms with Crippen LogP contribution in [0.5, 0.6) is 0 Å². The maximum Gasteiger partial charge on any atom is 0.354 e. The van der Waals surface area contributed by atoms with Gasteiger partial charge in [0.25, 0.3) is 0 Å². The average Bonchev–Trinajstić information content (AvgIpc) is 2.40. The third-order valence-corrected chi connectivity index (χ3v) is 1.99. The topological polar surface area (TPSA) is 48.3 Å². The lowest BCUT2D eigenvalue weighted by Gasteiger charge is -2.01. The standard InChI is InChI=1S/C9H11NO3/c1-6-4-7(9(12)13-3)10(2)8(6)5-11/h4-5H,1-3H3. The van der Waals surface area contributed by atoms with Gasteiger partial charge in [-0.15, -0.1) is 0 Å². The number of methoxy groups -OCH3 is 1. The fourth-order valence-electron chi connectivity index (χ4n) is 1.24. The second kappa shape index (κ2) is 3.43. The Morgan fingerprint density at radius 1 is 1.62 bits per heavy atom. The molecule has 0 bridgehead atoms. The van der Waals surface area contributed by atoms with E-state index < -0.39 is 5.97 Å². The molecule has 0 radical (unpaired) electrons. The Kier molecular flexibility index (Phi) is 2.51. The summed E-state index contributed by atoms with van der Waals surface area (Å²) < 4.78 is 6.08. The van der Waals surface area contributed by atoms with Crippen molar-refractivity contribution in [1.82, 2.24) is 4.57 Å². The maximum absolute atomic E-state index is 11.2. The summed E-state index contributed by atoms with van der Waals surface area (Å²) in [5, 5.41) is 0. The van der Waals surface area contributed by atoms with Gasteiger partial charge in [0.2, 0.25) is 0 Å². The molecule has 1 rings (SSSR count). The molecule has 70 valence electrons. The van der Waals surface area contributed by atoms with Gasteiger partial charge in [-0.2, -0.15) is 0 Å². The van der Waals surface area contributed by atoms with Crippen LogP contribution in [0, 0.1) is 6.92 Å². The Morgan fingerprint density at radius 2 is 2.23 bits per heavy atom. The molecule has 4 nitrogen and oxygen atoms in total. The largest absolute Gasteiger partial charge is 0.464 e. The van der Waals surface area contributed by atoms with E-state index in [4.69, 9.17) is 0 Å². The molecule has 0 fully saturated rings. The van der Waals surface area contributed by atoms with E-state index in [-0.39, 0.29) is 0 Å². The van der Waals surface area contributed by atoms with Crippen LogP contribution in [0.15, 0.2) is 6.07 Å². The first-order valence-electron chi connectivity index (χ1n) is 3.81. The molecule has 0 atom stereocenters. The fraction of sp³-hybridized carbons (Fsp3) is 0.333. The van der Waals surface area contributed by atoms with Gasteiger partial charge >= 0.3 is 5.97 Å². The minimum atomic E-state index is -0.432. The van der Waals surface area contributed by atoms with E-state index in [9.17, 15) is 9.59 Å². The highest BCUT2D eigenvalue weighted by Crippen LogP contribution is 2.12. The molecule has 1 aromatic heterocycles. The molecule has 0 aromatic carbocycles. The molecule has 4 heteroatoms. The number of rotatable bonds is 2. The smallest absolute Gasteiger partial charge is 0.354 e. The number of hydrogen-bond acceptors (Lipinski definition) is 3. The molecule has 1 aromatic rings. The normalized spacial score (nSPS) is 9.77. The van der Waals surface area contributed by atoms with Crippen LogP contribution in [-0.4, -0.2) is 23.9 Å². The molecule has 0 aliphatic carbocycles. The van der Waals surface area contributed by atoms with Crippen LogP contribution in [0.3, 0.4) is 0 Å². The van der Waals surface area contributed by atoms with Crippen molar-refractivity contribution < 1.29 is 14.3 Å². The van der Waals surface area contributed by atoms with Crippen molar-refractivity contribution in [3.8, 4) is 0 Å². The van der Waals surface area contributed by atoms with E-state index in [1.807, 2.05) is 0 Å². The van der Waals surface area contributed by atoms with Gasteiger partial charge in [-0.3, -0.25) is 4.79 Å². The van der Waals surface area contributed by atoms with Crippen LogP contribution in [-0.2, 0) is 11.8 Å². The van der Waals surface area contributed by atoms with Gasteiger partial charge in [-0.1, -0.05) is 0 Å². The average molecular weight is 181 g/mol. The van der Waals surface area contributed by atoms with Crippen LogP contribution in [0.1, 0.15) is 26.5 Å². The fourth-order valence-corrected chi connectivity index (χ4v) is 1.24. The summed E-state index contributed by atoms with van der Waals surface area (Å²) in [5.41, 5.74) is 1.67. The molecule has 0 spiro atoms. The van der Waals surface area contributed by atoms with Crippen molar-refractivity contribution in [2.45, 2.75) is 6.92 Å². The van der Waals surface area contributed by atoms with Crippen LogP contribution >= 0.6 is 0 Å². The van der Waals surface area contributed by atoms with Crippen LogP contribution in [0.4, 0.5) is 0 Å². The number of esters is 1. The number of aromatic nitrogens is 1. The number of aldehydes is 1. The van der Waals surface area contributed by atoms with Crippen molar-refractivity contribution in [2.24, 2.45) is 7.05 Å². The predicted octanol–water partition coefficient (Wildman–Crippen LogP) is 0.933. The quantitative estimate of drug-likeness (QED) is 0.503. The minimum Gasteiger partial charge on any atom is -0.464 e. The summed E-state index contributed by atoms with van der Waals surface area (Å²) in [6.45, 7) is 1.77. The van der Waals surface area contributed by atoms with Gasteiger partial charge in [0, 0.05) is 7.05 Å². The lowest BCUT2D eigenvalue weighted by Crippen LogP contribution is -2.08. The number of hydrogen-bond donors (Lipinski definition) is 0. The zero-order valence-corrected chi connectivity index (χ0v) is 7.83.